The van der Waals surface area contributed by atoms with E-state index in [1.165, 1.54) is 74.9 Å². The molecule has 0 aliphatic heterocycles. The van der Waals surface area contributed by atoms with Gasteiger partial charge in [0.15, 0.2) is 11.6 Å². The molecule has 2 aromatic heterocycles. The number of Topliss-reactive ketones (excluding diaryl/α,β-unsaturated/α-hetero) is 2. The van der Waals surface area contributed by atoms with Crippen LogP contribution in [0.25, 0.3) is 0 Å². The number of nitrogens with zero attached hydrogens (tertiary/aromatic N) is 5. The number of ketones is 2. The zero-order valence-corrected chi connectivity index (χ0v) is 42.9. The first-order valence-electron chi connectivity index (χ1n) is 25.1. The minimum absolute atomic E-state index is 0. The van der Waals surface area contributed by atoms with E-state index >= 15 is 0 Å². The van der Waals surface area contributed by atoms with Crippen molar-refractivity contribution in [2.75, 3.05) is 12.8 Å². The molecule has 392 valence electrons. The molecule has 0 radical (unpaired) electrons. The summed E-state index contributed by atoms with van der Waals surface area (Å²) in [4.78, 5) is 37.1. The molecule has 2 heterocycles. The second-order valence-corrected chi connectivity index (χ2v) is 24.1. The number of aromatic nitrogens is 4. The summed E-state index contributed by atoms with van der Waals surface area (Å²) in [5, 5.41) is 47.6. The zero-order chi connectivity index (χ0) is 46.2. The zero-order valence-electron chi connectivity index (χ0n) is 41.3. The van der Waals surface area contributed by atoms with Crippen molar-refractivity contribution in [3.63, 3.8) is 0 Å². The van der Waals surface area contributed by atoms with Crippen molar-refractivity contribution < 1.29 is 51.7 Å². The Balaban J connectivity index is 0.000000330. The van der Waals surface area contributed by atoms with Gasteiger partial charge in [-0.05, 0) is 198 Å². The molecule has 16 atom stereocenters. The maximum atomic E-state index is 13.3. The van der Waals surface area contributed by atoms with E-state index < -0.39 is 16.1 Å². The number of nitrogen functional groups attached to an aromatic ring is 1. The number of carbonyl (C=O) groups excluding carboxylic acids is 2. The summed E-state index contributed by atoms with van der Waals surface area (Å²) < 4.78 is 3.14. The van der Waals surface area contributed by atoms with Gasteiger partial charge in [-0.25, -0.2) is 0 Å². The Labute approximate surface area is 424 Å². The fourth-order valence-corrected chi connectivity index (χ4v) is 17.5. The molecule has 13 nitrogen and oxygen atoms in total. The van der Waals surface area contributed by atoms with Gasteiger partial charge in [0.25, 0.3) is 0 Å². The monoisotopic (exact) mass is 1040 g/mol. The molecule has 8 fully saturated rings. The van der Waals surface area contributed by atoms with Crippen LogP contribution in [0.5, 0.6) is 0 Å². The third kappa shape index (κ3) is 10.3. The number of nitrogens with two attached hydrogens (primary N) is 1. The number of carbonyl (C=O) groups is 2. The summed E-state index contributed by atoms with van der Waals surface area (Å²) in [6, 6.07) is 0. The Bertz CT molecular complexity index is 2060. The molecule has 0 bridgehead atoms. The SMILES string of the molecule is C.C.CO.C[C@@]1(O)CC[C@@]2(C)[C@H](CC[C@@H]3[C@@H]2CC[C@]2(C)[C@@H](C(=O)Cn4cc(N)cn4)CC[C@@H]32)C1.C[C@@]1(O)CC[C@@]2(C)[C@H](CC[C@@H]3[C@@H]2CC[C@]2(C)[C@@H](C(=O)Cn4cc([N+](=O)[O-])cn4)CC[C@@H]32)C1.[CH3-].[HH].[Pd]. The first-order valence-corrected chi connectivity index (χ1v) is 25.1. The Morgan fingerprint density at radius 1 is 0.647 bits per heavy atom. The molecule has 0 unspecified atom stereocenters. The Kier molecular flexibility index (Phi) is 18.2. The van der Waals surface area contributed by atoms with Gasteiger partial charge in [-0.2, -0.15) is 10.2 Å². The van der Waals surface area contributed by atoms with Crippen LogP contribution in [0.3, 0.4) is 0 Å². The van der Waals surface area contributed by atoms with Crippen molar-refractivity contribution in [1.82, 2.24) is 19.6 Å². The number of anilines is 1. The second-order valence-electron chi connectivity index (χ2n) is 24.1. The van der Waals surface area contributed by atoms with Crippen molar-refractivity contribution >= 4 is 22.9 Å². The van der Waals surface area contributed by atoms with Crippen LogP contribution in [0.2, 0.25) is 0 Å². The predicted molar refractivity (Wildman–Crippen MR) is 267 cm³/mol. The molecule has 68 heavy (non-hydrogen) atoms. The van der Waals surface area contributed by atoms with Crippen molar-refractivity contribution in [2.24, 2.45) is 80.8 Å². The molecule has 8 aliphatic rings. The van der Waals surface area contributed by atoms with Crippen molar-refractivity contribution in [2.45, 2.75) is 196 Å². The number of rotatable bonds is 7. The molecule has 8 saturated carbocycles. The van der Waals surface area contributed by atoms with Gasteiger partial charge >= 0.3 is 5.69 Å². The van der Waals surface area contributed by atoms with Crippen molar-refractivity contribution in [3.8, 4) is 0 Å². The van der Waals surface area contributed by atoms with E-state index in [9.17, 15) is 29.9 Å². The van der Waals surface area contributed by atoms with Crippen molar-refractivity contribution in [1.29, 1.82) is 0 Å². The molecule has 0 saturated heterocycles. The van der Waals surface area contributed by atoms with E-state index in [2.05, 4.69) is 37.9 Å². The Morgan fingerprint density at radius 2 is 1.04 bits per heavy atom. The molecule has 10 rings (SSSR count). The Morgan fingerprint density at radius 3 is 1.43 bits per heavy atom. The van der Waals surface area contributed by atoms with Crippen LogP contribution in [-0.4, -0.2) is 69.7 Å². The number of hydrogen-bond donors (Lipinski definition) is 4. The van der Waals surface area contributed by atoms with Gasteiger partial charge in [-0.3, -0.25) is 29.1 Å². The minimum atomic E-state index is -0.507. The standard InChI is InChI=1S/C25H37N3O4.C25H39N3O2.CH4O.2CH4.CH3.Pd.H2/c1-23(30)10-11-24(2)16(12-23)4-5-18-19-6-7-21(25(19,3)9-8-20(18)24)22(29)15-27-14-17(13-26-27)28(31)32;1-23(30)10-11-24(2)16(12-23)4-5-18-19-6-7-21(25(19,3)9-8-20(18)24)22(29)15-28-14-17(26)13-27-28;1-2;;;;;/h13-14,16,18-21,30H,4-12,15H2,1-3H3;13-14,16,18-21,30H,4-12,15,26H2,1-3H3;2H,1H3;2*1H4;1H3;;1H/q;;;;;-1;;/t2*16-,18+,19+,20+,21-,23-,24+,25+;;;;;;/m11....../s1. The first-order chi connectivity index (χ1) is 30.2. The third-order valence-corrected chi connectivity index (χ3v) is 20.8. The van der Waals surface area contributed by atoms with Crippen LogP contribution in [0, 0.1) is 98.4 Å². The van der Waals surface area contributed by atoms with Crippen LogP contribution in [-0.2, 0) is 43.1 Å². The van der Waals surface area contributed by atoms with Crippen LogP contribution in [0.1, 0.15) is 173 Å². The fourth-order valence-electron chi connectivity index (χ4n) is 17.5. The smallest absolute Gasteiger partial charge is 0.307 e. The number of aliphatic hydroxyl groups is 3. The second kappa shape index (κ2) is 21.3. The van der Waals surface area contributed by atoms with Gasteiger partial charge in [0.05, 0.1) is 34.6 Å². The van der Waals surface area contributed by atoms with E-state index in [1.807, 2.05) is 13.8 Å². The normalized spacial score (nSPS) is 42.7. The minimum Gasteiger partial charge on any atom is -0.400 e. The predicted octanol–water partition coefficient (Wildman–Crippen LogP) is 10.8. The number of aliphatic hydroxyl groups excluding tert-OH is 1. The van der Waals surface area contributed by atoms with Gasteiger partial charge in [0.1, 0.15) is 18.9 Å². The molecular weight excluding hydrogens is 951 g/mol. The van der Waals surface area contributed by atoms with Crippen LogP contribution in [0.15, 0.2) is 24.8 Å². The first kappa shape index (κ1) is 58.1. The molecule has 5 N–H and O–H groups in total. The molecule has 8 aliphatic carbocycles. The number of hydrogen-bond acceptors (Lipinski definition) is 10. The maximum absolute atomic E-state index is 13.3. The third-order valence-electron chi connectivity index (χ3n) is 20.8. The summed E-state index contributed by atoms with van der Waals surface area (Å²) in [5.41, 5.74) is 6.23. The average Bonchev–Trinajstić information content (AvgIpc) is 4.04. The van der Waals surface area contributed by atoms with Gasteiger partial charge < -0.3 is 28.5 Å². The largest absolute Gasteiger partial charge is 0.400 e. The Hall–Kier alpha value is -2.50. The van der Waals surface area contributed by atoms with Gasteiger partial charge in [-0.1, -0.05) is 42.5 Å². The summed E-state index contributed by atoms with van der Waals surface area (Å²) in [6.07, 6.45) is 26.0. The van der Waals surface area contributed by atoms with Gasteiger partial charge in [0, 0.05) is 47.0 Å². The number of fused-ring (bicyclic) bond motifs is 10. The summed E-state index contributed by atoms with van der Waals surface area (Å²) >= 11 is 0. The topological polar surface area (TPSA) is 200 Å². The van der Waals surface area contributed by atoms with Gasteiger partial charge in [0.2, 0.25) is 0 Å². The van der Waals surface area contributed by atoms with Crippen LogP contribution < -0.4 is 5.73 Å². The van der Waals surface area contributed by atoms with Crippen LogP contribution >= 0.6 is 0 Å². The van der Waals surface area contributed by atoms with E-state index in [-0.39, 0.29) is 84.8 Å². The molecule has 0 aromatic carbocycles. The quantitative estimate of drug-likeness (QED) is 0.0895. The maximum Gasteiger partial charge on any atom is 0.307 e. The number of nitro groups is 1. The van der Waals surface area contributed by atoms with Gasteiger partial charge in [-0.15, -0.1) is 0 Å². The molecule has 2 aromatic rings. The summed E-state index contributed by atoms with van der Waals surface area (Å²) in [5.74, 6) is 6.16. The molecule has 0 amide bonds. The van der Waals surface area contributed by atoms with E-state index in [0.29, 0.717) is 64.4 Å². The van der Waals surface area contributed by atoms with E-state index in [4.69, 9.17) is 10.8 Å². The molecular formula is C54H93N6O7Pd-. The summed E-state index contributed by atoms with van der Waals surface area (Å²) in [6.45, 7) is 14.3. The molecule has 0 spiro atoms. The van der Waals surface area contributed by atoms with E-state index in [0.717, 1.165) is 76.7 Å². The fraction of sp³-hybridized carbons (Fsp3) is 0.833. The average molecular weight is 1040 g/mol. The van der Waals surface area contributed by atoms with Crippen molar-refractivity contribution in [3.05, 3.63) is 42.3 Å². The van der Waals surface area contributed by atoms with E-state index in [1.54, 1.807) is 17.1 Å². The molecule has 14 heteroatoms. The summed E-state index contributed by atoms with van der Waals surface area (Å²) in [7, 11) is 1.00. The van der Waals surface area contributed by atoms with Crippen LogP contribution in [0.4, 0.5) is 11.4 Å².